The Hall–Kier alpha value is -1.90. The van der Waals surface area contributed by atoms with Crippen molar-refractivity contribution in [2.45, 2.75) is 24.0 Å². The predicted octanol–water partition coefficient (Wildman–Crippen LogP) is 3.82. The highest BCUT2D eigenvalue weighted by molar-refractivity contribution is 8.00. The van der Waals surface area contributed by atoms with Gasteiger partial charge in [0.2, 0.25) is 15.9 Å². The van der Waals surface area contributed by atoms with E-state index in [2.05, 4.69) is 5.32 Å². The quantitative estimate of drug-likeness (QED) is 0.754. The summed E-state index contributed by atoms with van der Waals surface area (Å²) in [5, 5.41) is 2.76. The number of amides is 1. The zero-order valence-electron chi connectivity index (χ0n) is 15.7. The van der Waals surface area contributed by atoms with Gasteiger partial charge in [-0.2, -0.15) is 0 Å². The van der Waals surface area contributed by atoms with Crippen LogP contribution in [0.4, 0.5) is 10.1 Å². The van der Waals surface area contributed by atoms with E-state index >= 15 is 0 Å². The van der Waals surface area contributed by atoms with E-state index in [9.17, 15) is 17.6 Å². The van der Waals surface area contributed by atoms with Crippen LogP contribution in [0.25, 0.3) is 0 Å². The molecule has 27 heavy (non-hydrogen) atoms. The van der Waals surface area contributed by atoms with Gasteiger partial charge in [0, 0.05) is 25.0 Å². The Morgan fingerprint density at radius 3 is 2.41 bits per heavy atom. The van der Waals surface area contributed by atoms with Crippen molar-refractivity contribution in [3.8, 4) is 0 Å². The molecule has 0 aliphatic rings. The fourth-order valence-corrected chi connectivity index (χ4v) is 4.35. The summed E-state index contributed by atoms with van der Waals surface area (Å²) in [4.78, 5) is 12.4. The number of halogens is 1. The second-order valence-electron chi connectivity index (χ2n) is 6.32. The molecule has 5 nitrogen and oxygen atoms in total. The topological polar surface area (TPSA) is 66.5 Å². The molecule has 0 bridgehead atoms. The molecule has 2 aromatic rings. The van der Waals surface area contributed by atoms with Gasteiger partial charge in [0.05, 0.1) is 10.6 Å². The Balaban J connectivity index is 2.02. The van der Waals surface area contributed by atoms with Crippen LogP contribution in [-0.4, -0.2) is 38.5 Å². The van der Waals surface area contributed by atoms with Crippen molar-refractivity contribution >= 4 is 33.4 Å². The number of anilines is 1. The molecule has 0 fully saturated rings. The minimum atomic E-state index is -3.58. The molecule has 0 aromatic heterocycles. The largest absolute Gasteiger partial charge is 0.325 e. The van der Waals surface area contributed by atoms with Crippen LogP contribution in [0, 0.1) is 12.7 Å². The zero-order chi connectivity index (χ0) is 20.2. The molecule has 2 rings (SSSR count). The third-order valence-electron chi connectivity index (χ3n) is 4.03. The van der Waals surface area contributed by atoms with Crippen LogP contribution >= 0.6 is 11.8 Å². The van der Waals surface area contributed by atoms with Crippen LogP contribution in [0.1, 0.15) is 23.3 Å². The van der Waals surface area contributed by atoms with E-state index in [1.807, 2.05) is 6.92 Å². The maximum absolute atomic E-state index is 13.0. The molecule has 0 radical (unpaired) electrons. The highest BCUT2D eigenvalue weighted by atomic mass is 32.2. The summed E-state index contributed by atoms with van der Waals surface area (Å²) in [5.74, 6) is -0.329. The van der Waals surface area contributed by atoms with Gasteiger partial charge in [0.1, 0.15) is 5.82 Å². The van der Waals surface area contributed by atoms with E-state index in [-0.39, 0.29) is 27.6 Å². The summed E-state index contributed by atoms with van der Waals surface area (Å²) in [5.41, 5.74) is 1.98. The maximum atomic E-state index is 13.0. The monoisotopic (exact) mass is 410 g/mol. The molecule has 0 aliphatic heterocycles. The second-order valence-corrected chi connectivity index (χ2v) is 9.77. The first-order valence-electron chi connectivity index (χ1n) is 8.31. The molecule has 2 aromatic carbocycles. The number of aryl methyl sites for hydroxylation is 1. The zero-order valence-corrected chi connectivity index (χ0v) is 17.3. The van der Waals surface area contributed by atoms with Gasteiger partial charge in [0.15, 0.2) is 0 Å². The SMILES string of the molecule is Cc1ccc(NC(=O)CSC(C)c2ccc(F)cc2)cc1S(=O)(=O)N(C)C. The number of sulfonamides is 1. The summed E-state index contributed by atoms with van der Waals surface area (Å²) in [6.45, 7) is 3.65. The van der Waals surface area contributed by atoms with Crippen molar-refractivity contribution in [2.24, 2.45) is 0 Å². The predicted molar refractivity (Wildman–Crippen MR) is 108 cm³/mol. The van der Waals surface area contributed by atoms with Crippen LogP contribution in [-0.2, 0) is 14.8 Å². The summed E-state index contributed by atoms with van der Waals surface area (Å²) < 4.78 is 38.9. The van der Waals surface area contributed by atoms with Crippen molar-refractivity contribution in [3.63, 3.8) is 0 Å². The Kier molecular flexibility index (Phi) is 7.02. The summed E-state index contributed by atoms with van der Waals surface area (Å²) >= 11 is 1.42. The molecule has 1 atom stereocenters. The van der Waals surface area contributed by atoms with Gasteiger partial charge in [0.25, 0.3) is 0 Å². The lowest BCUT2D eigenvalue weighted by Gasteiger charge is -2.15. The molecule has 0 heterocycles. The summed E-state index contributed by atoms with van der Waals surface area (Å²) in [7, 11) is -0.653. The van der Waals surface area contributed by atoms with Gasteiger partial charge in [-0.3, -0.25) is 4.79 Å². The Bertz CT molecular complexity index is 913. The average molecular weight is 411 g/mol. The second kappa shape index (κ2) is 8.86. The number of hydrogen-bond donors (Lipinski definition) is 1. The van der Waals surface area contributed by atoms with E-state index in [0.717, 1.165) is 9.87 Å². The Labute approximate surface area is 164 Å². The Morgan fingerprint density at radius 2 is 1.81 bits per heavy atom. The van der Waals surface area contributed by atoms with Crippen molar-refractivity contribution in [2.75, 3.05) is 25.2 Å². The third-order valence-corrected chi connectivity index (χ3v) is 7.19. The molecule has 0 saturated carbocycles. The van der Waals surface area contributed by atoms with E-state index in [1.165, 1.54) is 44.1 Å². The first-order valence-corrected chi connectivity index (χ1v) is 10.8. The number of hydrogen-bond acceptors (Lipinski definition) is 4. The number of benzene rings is 2. The van der Waals surface area contributed by atoms with Crippen molar-refractivity contribution in [1.82, 2.24) is 4.31 Å². The lowest BCUT2D eigenvalue weighted by molar-refractivity contribution is -0.113. The molecule has 0 saturated heterocycles. The van der Waals surface area contributed by atoms with Gasteiger partial charge in [-0.15, -0.1) is 11.8 Å². The van der Waals surface area contributed by atoms with Crippen LogP contribution in [0.5, 0.6) is 0 Å². The van der Waals surface area contributed by atoms with Crippen LogP contribution in [0.15, 0.2) is 47.4 Å². The first-order chi connectivity index (χ1) is 12.6. The van der Waals surface area contributed by atoms with Gasteiger partial charge < -0.3 is 5.32 Å². The molecule has 1 amide bonds. The average Bonchev–Trinajstić information content (AvgIpc) is 2.61. The highest BCUT2D eigenvalue weighted by Gasteiger charge is 2.20. The van der Waals surface area contributed by atoms with Crippen molar-refractivity contribution in [1.29, 1.82) is 0 Å². The lowest BCUT2D eigenvalue weighted by atomic mass is 10.2. The number of carbonyl (C=O) groups excluding carboxylic acids is 1. The Morgan fingerprint density at radius 1 is 1.19 bits per heavy atom. The lowest BCUT2D eigenvalue weighted by Crippen LogP contribution is -2.23. The number of nitrogens with zero attached hydrogens (tertiary/aromatic N) is 1. The fraction of sp³-hybridized carbons (Fsp3) is 0.316. The molecule has 0 spiro atoms. The molecule has 1 unspecified atom stereocenters. The summed E-state index contributed by atoms with van der Waals surface area (Å²) in [6, 6.07) is 11.0. The van der Waals surface area contributed by atoms with Crippen molar-refractivity contribution in [3.05, 3.63) is 59.4 Å². The smallest absolute Gasteiger partial charge is 0.242 e. The highest BCUT2D eigenvalue weighted by Crippen LogP contribution is 2.28. The molecule has 0 aliphatic carbocycles. The minimum absolute atomic E-state index is 0.0269. The number of carbonyl (C=O) groups is 1. The standard InChI is InChI=1S/C19H23FN2O3S2/c1-13-5-10-17(11-18(13)27(24,25)22(3)4)21-19(23)12-26-14(2)15-6-8-16(20)9-7-15/h5-11,14H,12H2,1-4H3,(H,21,23). The van der Waals surface area contributed by atoms with Crippen LogP contribution in [0.3, 0.4) is 0 Å². The molecular formula is C19H23FN2O3S2. The number of nitrogens with one attached hydrogen (secondary N) is 1. The van der Waals surface area contributed by atoms with Gasteiger partial charge in [-0.25, -0.2) is 17.1 Å². The fourth-order valence-electron chi connectivity index (χ4n) is 2.38. The number of thioether (sulfide) groups is 1. The van der Waals surface area contributed by atoms with Gasteiger partial charge in [-0.1, -0.05) is 18.2 Å². The third kappa shape index (κ3) is 5.54. The van der Waals surface area contributed by atoms with Crippen LogP contribution in [0.2, 0.25) is 0 Å². The van der Waals surface area contributed by atoms with E-state index in [0.29, 0.717) is 11.3 Å². The van der Waals surface area contributed by atoms with Crippen molar-refractivity contribution < 1.29 is 17.6 Å². The van der Waals surface area contributed by atoms with Gasteiger partial charge in [-0.05, 0) is 49.2 Å². The molecule has 1 N–H and O–H groups in total. The van der Waals surface area contributed by atoms with E-state index in [4.69, 9.17) is 0 Å². The minimum Gasteiger partial charge on any atom is -0.325 e. The first kappa shape index (κ1) is 21.4. The van der Waals surface area contributed by atoms with E-state index in [1.54, 1.807) is 31.2 Å². The van der Waals surface area contributed by atoms with Crippen LogP contribution < -0.4 is 5.32 Å². The normalized spacial score (nSPS) is 12.8. The molecular weight excluding hydrogens is 387 g/mol. The van der Waals surface area contributed by atoms with E-state index < -0.39 is 10.0 Å². The van der Waals surface area contributed by atoms with Gasteiger partial charge >= 0.3 is 0 Å². The summed E-state index contributed by atoms with van der Waals surface area (Å²) in [6.07, 6.45) is 0. The molecule has 8 heteroatoms. The molecule has 146 valence electrons. The number of rotatable bonds is 7. The maximum Gasteiger partial charge on any atom is 0.242 e.